The van der Waals surface area contributed by atoms with E-state index >= 15 is 0 Å². The third-order valence-corrected chi connectivity index (χ3v) is 5.05. The first-order valence-corrected chi connectivity index (χ1v) is 8.85. The average molecular weight is 326 g/mol. The Kier molecular flexibility index (Phi) is 6.57. The molecule has 0 radical (unpaired) electrons. The van der Waals surface area contributed by atoms with Crippen LogP contribution in [0.25, 0.3) is 0 Å². The average Bonchev–Trinajstić information content (AvgIpc) is 2.87. The summed E-state index contributed by atoms with van der Waals surface area (Å²) in [6.07, 6.45) is 7.33. The second-order valence-electron chi connectivity index (χ2n) is 5.54. The number of nitrogens with one attached hydrogen (secondary N) is 1. The molecule has 2 heterocycles. The first kappa shape index (κ1) is 17.1. The molecule has 1 saturated heterocycles. The van der Waals surface area contributed by atoms with Gasteiger partial charge in [-0.3, -0.25) is 9.69 Å². The fraction of sp³-hybridized carbons (Fsp3) is 0.667. The first-order valence-electron chi connectivity index (χ1n) is 7.56. The first-order chi connectivity index (χ1) is 10.6. The minimum absolute atomic E-state index is 0.0264. The van der Waals surface area contributed by atoms with E-state index in [1.807, 2.05) is 13.2 Å². The van der Waals surface area contributed by atoms with Gasteiger partial charge in [0.2, 0.25) is 5.91 Å². The molecule has 1 fully saturated rings. The van der Waals surface area contributed by atoms with Crippen LogP contribution in [0.2, 0.25) is 0 Å². The molecule has 1 aromatic rings. The van der Waals surface area contributed by atoms with Crippen molar-refractivity contribution in [2.45, 2.75) is 43.8 Å². The summed E-state index contributed by atoms with van der Waals surface area (Å²) < 4.78 is 13.8. The highest BCUT2D eigenvalue weighted by Crippen LogP contribution is 2.22. The van der Waals surface area contributed by atoms with Gasteiger partial charge in [0.1, 0.15) is 12.5 Å². The number of hydrogen-bond acceptors (Lipinski definition) is 5. The van der Waals surface area contributed by atoms with Crippen molar-refractivity contribution in [2.75, 3.05) is 19.3 Å². The lowest BCUT2D eigenvalue weighted by atomic mass is 10.2. The van der Waals surface area contributed by atoms with E-state index in [-0.39, 0.29) is 17.2 Å². The number of hydrogen-bond donors (Lipinski definition) is 1. The maximum Gasteiger partial charge on any atom is 0.233 e. The number of amides is 1. The molecule has 1 amide bonds. The van der Waals surface area contributed by atoms with E-state index in [1.165, 1.54) is 6.33 Å². The van der Waals surface area contributed by atoms with Gasteiger partial charge < -0.3 is 5.32 Å². The van der Waals surface area contributed by atoms with Crippen molar-refractivity contribution < 1.29 is 9.18 Å². The predicted molar refractivity (Wildman–Crippen MR) is 86.3 cm³/mol. The summed E-state index contributed by atoms with van der Waals surface area (Å²) in [5.74, 6) is 0.0419. The van der Waals surface area contributed by atoms with Gasteiger partial charge in [-0.1, -0.05) is 6.92 Å². The molecule has 5 nitrogen and oxygen atoms in total. The van der Waals surface area contributed by atoms with E-state index in [0.29, 0.717) is 26.1 Å². The number of rotatable bonds is 7. The number of halogens is 1. The van der Waals surface area contributed by atoms with Gasteiger partial charge in [-0.25, -0.2) is 14.4 Å². The van der Waals surface area contributed by atoms with Gasteiger partial charge in [0.25, 0.3) is 0 Å². The lowest BCUT2D eigenvalue weighted by Crippen LogP contribution is -2.42. The monoisotopic (exact) mass is 326 g/mol. The van der Waals surface area contributed by atoms with Crippen LogP contribution in [0.3, 0.4) is 0 Å². The quantitative estimate of drug-likeness (QED) is 0.825. The molecule has 0 saturated carbocycles. The highest BCUT2D eigenvalue weighted by molar-refractivity contribution is 7.99. The normalized spacial score (nSPS) is 23.4. The molecule has 7 heteroatoms. The molecule has 22 heavy (non-hydrogen) atoms. The van der Waals surface area contributed by atoms with Gasteiger partial charge in [-0.15, -0.1) is 0 Å². The maximum atomic E-state index is 13.8. The second kappa shape index (κ2) is 8.43. The number of carbonyl (C=O) groups is 1. The predicted octanol–water partition coefficient (Wildman–Crippen LogP) is 1.65. The van der Waals surface area contributed by atoms with E-state index in [0.717, 1.165) is 12.0 Å². The highest BCUT2D eigenvalue weighted by Gasteiger charge is 2.32. The Labute approximate surface area is 135 Å². The molecule has 0 aliphatic carbocycles. The standard InChI is InChI=1S/C15H23FN4OS/c1-3-14(22-2)15(21)19-7-13-4-12(16)9-20(13)8-11-5-17-10-18-6-11/h5-6,10,12-14H,3-4,7-9H2,1-2H3,(H,19,21)/t12-,13-,14-/m0/s1. The Morgan fingerprint density at radius 1 is 1.55 bits per heavy atom. The van der Waals surface area contributed by atoms with Crippen molar-refractivity contribution in [3.8, 4) is 0 Å². The molecule has 1 aliphatic heterocycles. The molecule has 3 atom stereocenters. The summed E-state index contributed by atoms with van der Waals surface area (Å²) in [4.78, 5) is 22.1. The number of aromatic nitrogens is 2. The molecule has 0 aromatic carbocycles. The van der Waals surface area contributed by atoms with E-state index in [2.05, 4.69) is 20.2 Å². The molecular weight excluding hydrogens is 303 g/mol. The van der Waals surface area contributed by atoms with Gasteiger partial charge >= 0.3 is 0 Å². The van der Waals surface area contributed by atoms with Gasteiger partial charge in [-0.05, 0) is 19.1 Å². The van der Waals surface area contributed by atoms with E-state index in [4.69, 9.17) is 0 Å². The van der Waals surface area contributed by atoms with Crippen molar-refractivity contribution in [3.63, 3.8) is 0 Å². The number of carbonyl (C=O) groups excluding carboxylic acids is 1. The number of alkyl halides is 1. The number of thioether (sulfide) groups is 1. The molecule has 0 bridgehead atoms. The van der Waals surface area contributed by atoms with Gasteiger partial charge in [-0.2, -0.15) is 11.8 Å². The third-order valence-electron chi connectivity index (χ3n) is 3.94. The molecular formula is C15H23FN4OS. The van der Waals surface area contributed by atoms with Crippen LogP contribution in [0.5, 0.6) is 0 Å². The maximum absolute atomic E-state index is 13.8. The molecule has 1 aliphatic rings. The molecule has 0 spiro atoms. The minimum Gasteiger partial charge on any atom is -0.354 e. The van der Waals surface area contributed by atoms with Crippen LogP contribution in [0.4, 0.5) is 4.39 Å². The smallest absolute Gasteiger partial charge is 0.233 e. The minimum atomic E-state index is -0.839. The molecule has 122 valence electrons. The summed E-state index contributed by atoms with van der Waals surface area (Å²) in [6, 6.07) is 0.0264. The fourth-order valence-electron chi connectivity index (χ4n) is 2.77. The van der Waals surface area contributed by atoms with E-state index in [1.54, 1.807) is 24.2 Å². The van der Waals surface area contributed by atoms with Crippen LogP contribution in [-0.2, 0) is 11.3 Å². The summed E-state index contributed by atoms with van der Waals surface area (Å²) in [5.41, 5.74) is 0.962. The van der Waals surface area contributed by atoms with Crippen LogP contribution >= 0.6 is 11.8 Å². The van der Waals surface area contributed by atoms with Crippen molar-refractivity contribution in [2.24, 2.45) is 0 Å². The summed E-state index contributed by atoms with van der Waals surface area (Å²) in [7, 11) is 0. The number of likely N-dealkylation sites (tertiary alicyclic amines) is 1. The van der Waals surface area contributed by atoms with Crippen LogP contribution in [0.15, 0.2) is 18.7 Å². The van der Waals surface area contributed by atoms with Crippen LogP contribution < -0.4 is 5.32 Å². The Morgan fingerprint density at radius 3 is 2.91 bits per heavy atom. The van der Waals surface area contributed by atoms with Gasteiger partial charge in [0.05, 0.1) is 5.25 Å². The topological polar surface area (TPSA) is 58.1 Å². The Hall–Kier alpha value is -1.21. The number of nitrogens with zero attached hydrogens (tertiary/aromatic N) is 3. The SMILES string of the molecule is CC[C@H](SC)C(=O)NC[C@@H]1C[C@H](F)CN1Cc1cncnc1. The molecule has 2 rings (SSSR count). The largest absolute Gasteiger partial charge is 0.354 e. The van der Waals surface area contributed by atoms with Crippen LogP contribution in [0, 0.1) is 0 Å². The zero-order chi connectivity index (χ0) is 15.9. The zero-order valence-electron chi connectivity index (χ0n) is 13.0. The molecule has 1 N–H and O–H groups in total. The summed E-state index contributed by atoms with van der Waals surface area (Å²) >= 11 is 1.55. The fourth-order valence-corrected chi connectivity index (χ4v) is 3.40. The third kappa shape index (κ3) is 4.64. The molecule has 1 aromatic heterocycles. The van der Waals surface area contributed by atoms with Crippen molar-refractivity contribution in [3.05, 3.63) is 24.3 Å². The van der Waals surface area contributed by atoms with Crippen molar-refractivity contribution in [1.29, 1.82) is 0 Å². The summed E-state index contributed by atoms with van der Waals surface area (Å²) in [5, 5.41) is 2.93. The summed E-state index contributed by atoms with van der Waals surface area (Å²) in [6.45, 7) is 3.50. The highest BCUT2D eigenvalue weighted by atomic mass is 32.2. The Morgan fingerprint density at radius 2 is 2.27 bits per heavy atom. The van der Waals surface area contributed by atoms with Crippen molar-refractivity contribution in [1.82, 2.24) is 20.2 Å². The van der Waals surface area contributed by atoms with Gasteiger partial charge in [0.15, 0.2) is 0 Å². The Balaban J connectivity index is 1.89. The van der Waals surface area contributed by atoms with Crippen LogP contribution in [-0.4, -0.2) is 57.6 Å². The van der Waals surface area contributed by atoms with Crippen LogP contribution in [0.1, 0.15) is 25.3 Å². The van der Waals surface area contributed by atoms with E-state index < -0.39 is 6.17 Å². The van der Waals surface area contributed by atoms with E-state index in [9.17, 15) is 9.18 Å². The lowest BCUT2D eigenvalue weighted by molar-refractivity contribution is -0.120. The lowest BCUT2D eigenvalue weighted by Gasteiger charge is -2.24. The molecule has 0 unspecified atom stereocenters. The van der Waals surface area contributed by atoms with Crippen molar-refractivity contribution >= 4 is 17.7 Å². The zero-order valence-corrected chi connectivity index (χ0v) is 13.9. The second-order valence-corrected chi connectivity index (χ2v) is 6.58. The van der Waals surface area contributed by atoms with Gasteiger partial charge in [0, 0.05) is 43.6 Å². The Bertz CT molecular complexity index is 472.